The molecule has 13 nitrogen and oxygen atoms in total. The van der Waals surface area contributed by atoms with Crippen LogP contribution in [0.25, 0.3) is 17.0 Å². The van der Waals surface area contributed by atoms with E-state index in [1.54, 1.807) is 47.7 Å². The Morgan fingerprint density at radius 1 is 0.981 bits per heavy atom. The van der Waals surface area contributed by atoms with Gasteiger partial charge in [0.2, 0.25) is 0 Å². The molecule has 0 radical (unpaired) electrons. The number of carbonyl (C=O) groups excluding carboxylic acids is 4. The standard InChI is InChI=1S/C41H56N2O11/c1-22-20-40(7,49-17-13-14-28-19-29-15-11-12-16-30(29)42-21-28)35(52-38-34(46)31(43(9)10)18-23(2)50-38)25(4)33(45)26(5)37(47)51-27(6)41(8)36(24(3)32(22)44)53-39(48)54-41/h11-16,19,21-27,31,34-36,38,46H,17-18,20H2,1-10H3/b14-13-/t22-,23-,24-,25+,26-,27+,31+,34-,35-,36-,38+,40+,41-/m1/s1. The van der Waals surface area contributed by atoms with E-state index in [1.807, 2.05) is 68.4 Å². The van der Waals surface area contributed by atoms with Crippen LogP contribution in [0.1, 0.15) is 73.8 Å². The molecule has 0 saturated carbocycles. The zero-order valence-corrected chi connectivity index (χ0v) is 33.0. The molecular weight excluding hydrogens is 696 g/mol. The Labute approximate surface area is 317 Å². The number of aromatic nitrogens is 1. The maximum Gasteiger partial charge on any atom is 0.509 e. The minimum atomic E-state index is -1.50. The number of Topliss-reactive ketones (excluding diaryl/α,β-unsaturated/α-hetero) is 2. The van der Waals surface area contributed by atoms with Gasteiger partial charge in [-0.1, -0.05) is 51.1 Å². The molecule has 0 aliphatic carbocycles. The maximum absolute atomic E-state index is 14.3. The van der Waals surface area contributed by atoms with E-state index >= 15 is 0 Å². The van der Waals surface area contributed by atoms with E-state index in [0.29, 0.717) is 6.42 Å². The summed E-state index contributed by atoms with van der Waals surface area (Å²) >= 11 is 0. The quantitative estimate of drug-likeness (QED) is 0.293. The number of para-hydroxylation sites is 1. The average Bonchev–Trinajstić information content (AvgIpc) is 3.45. The number of pyridine rings is 1. The lowest BCUT2D eigenvalue weighted by molar-refractivity contribution is -0.296. The van der Waals surface area contributed by atoms with Gasteiger partial charge in [-0.3, -0.25) is 19.4 Å². The topological polar surface area (TPSA) is 160 Å². The number of ketones is 2. The number of hydrogen-bond acceptors (Lipinski definition) is 13. The minimum absolute atomic E-state index is 0.0482. The minimum Gasteiger partial charge on any atom is -0.458 e. The third-order valence-corrected chi connectivity index (χ3v) is 11.6. The summed E-state index contributed by atoms with van der Waals surface area (Å²) in [5.41, 5.74) is -1.15. The van der Waals surface area contributed by atoms with Gasteiger partial charge in [0, 0.05) is 29.5 Å². The van der Waals surface area contributed by atoms with Gasteiger partial charge in [0.1, 0.15) is 23.9 Å². The monoisotopic (exact) mass is 752 g/mol. The molecule has 2 aromatic rings. The number of fused-ring (bicyclic) bond motifs is 2. The third kappa shape index (κ3) is 8.55. The van der Waals surface area contributed by atoms with E-state index in [0.717, 1.165) is 16.5 Å². The van der Waals surface area contributed by atoms with Crippen LogP contribution < -0.4 is 0 Å². The van der Waals surface area contributed by atoms with E-state index in [-0.39, 0.29) is 31.0 Å². The van der Waals surface area contributed by atoms with E-state index in [9.17, 15) is 24.3 Å². The molecule has 296 valence electrons. The van der Waals surface area contributed by atoms with Crippen molar-refractivity contribution in [1.82, 2.24) is 9.88 Å². The number of aliphatic hydroxyl groups excluding tert-OH is 1. The lowest BCUT2D eigenvalue weighted by atomic mass is 9.74. The number of cyclic esters (lactones) is 1. The van der Waals surface area contributed by atoms with Crippen LogP contribution in [-0.2, 0) is 42.8 Å². The molecule has 4 heterocycles. The molecule has 0 bridgehead atoms. The van der Waals surface area contributed by atoms with Gasteiger partial charge in [-0.05, 0) is 79.3 Å². The first-order chi connectivity index (χ1) is 25.4. The Balaban J connectivity index is 1.55. The zero-order chi connectivity index (χ0) is 39.7. The predicted molar refractivity (Wildman–Crippen MR) is 199 cm³/mol. The number of nitrogens with zero attached hydrogens (tertiary/aromatic N) is 2. The fraction of sp³-hybridized carbons (Fsp3) is 0.634. The molecule has 13 atom stereocenters. The fourth-order valence-corrected chi connectivity index (χ4v) is 8.20. The molecule has 1 aromatic heterocycles. The first kappa shape index (κ1) is 41.4. The summed E-state index contributed by atoms with van der Waals surface area (Å²) in [6, 6.07) is 9.49. The van der Waals surface area contributed by atoms with Crippen molar-refractivity contribution in [3.63, 3.8) is 0 Å². The van der Waals surface area contributed by atoms with Gasteiger partial charge in [-0.2, -0.15) is 0 Å². The number of esters is 1. The first-order valence-electron chi connectivity index (χ1n) is 18.8. The summed E-state index contributed by atoms with van der Waals surface area (Å²) in [6.45, 7) is 13.3. The molecule has 1 N–H and O–H groups in total. The normalized spacial score (nSPS) is 38.6. The van der Waals surface area contributed by atoms with Gasteiger partial charge in [-0.15, -0.1) is 0 Å². The van der Waals surface area contributed by atoms with E-state index in [2.05, 4.69) is 4.98 Å². The largest absolute Gasteiger partial charge is 0.509 e. The van der Waals surface area contributed by atoms with E-state index in [4.69, 9.17) is 28.4 Å². The van der Waals surface area contributed by atoms with Crippen LogP contribution in [-0.4, -0.2) is 113 Å². The molecule has 54 heavy (non-hydrogen) atoms. The first-order valence-corrected chi connectivity index (χ1v) is 18.8. The molecule has 3 fully saturated rings. The second-order valence-electron chi connectivity index (χ2n) is 16.0. The second kappa shape index (κ2) is 16.5. The van der Waals surface area contributed by atoms with Crippen molar-refractivity contribution >= 4 is 40.7 Å². The summed E-state index contributed by atoms with van der Waals surface area (Å²) in [5.74, 6) is -5.44. The SMILES string of the molecule is C[C@H]1C(=O)O[C@@H](C)[C@@]2(C)OC(=O)O[C@@H]2[C@H](C)C(=O)[C@H](C)C[C@](C)(OC/C=C\c2cnc3ccccc3c2)[C@H](O[C@@H]2O[C@H](C)C[C@H](N(C)C)[C@H]2O)[C@@H](C)C1=O. The molecule has 0 amide bonds. The van der Waals surface area contributed by atoms with Crippen molar-refractivity contribution in [3.8, 4) is 0 Å². The highest BCUT2D eigenvalue weighted by atomic mass is 16.8. The zero-order valence-electron chi connectivity index (χ0n) is 33.0. The molecule has 0 spiro atoms. The number of hydrogen-bond donors (Lipinski definition) is 1. The molecule has 3 aliphatic heterocycles. The summed E-state index contributed by atoms with van der Waals surface area (Å²) in [5, 5.41) is 12.5. The van der Waals surface area contributed by atoms with Crippen LogP contribution in [0.15, 0.2) is 42.6 Å². The Morgan fingerprint density at radius 2 is 1.69 bits per heavy atom. The van der Waals surface area contributed by atoms with Crippen LogP contribution in [0, 0.1) is 23.7 Å². The van der Waals surface area contributed by atoms with Crippen LogP contribution in [0.3, 0.4) is 0 Å². The van der Waals surface area contributed by atoms with Crippen molar-refractivity contribution in [2.45, 2.75) is 122 Å². The highest BCUT2D eigenvalue weighted by Crippen LogP contribution is 2.41. The maximum atomic E-state index is 14.3. The van der Waals surface area contributed by atoms with Crippen LogP contribution in [0.5, 0.6) is 0 Å². The number of ether oxygens (including phenoxy) is 6. The van der Waals surface area contributed by atoms with Crippen molar-refractivity contribution < 1.29 is 52.7 Å². The Hall–Kier alpha value is -3.75. The Bertz CT molecular complexity index is 1730. The molecule has 5 rings (SSSR count). The van der Waals surface area contributed by atoms with Crippen LogP contribution in [0.4, 0.5) is 4.79 Å². The smallest absolute Gasteiger partial charge is 0.458 e. The highest BCUT2D eigenvalue weighted by molar-refractivity contribution is 6.00. The molecule has 0 unspecified atom stereocenters. The Kier molecular flexibility index (Phi) is 12.7. The number of carbonyl (C=O) groups is 4. The highest BCUT2D eigenvalue weighted by Gasteiger charge is 2.58. The lowest BCUT2D eigenvalue weighted by Gasteiger charge is -2.47. The third-order valence-electron chi connectivity index (χ3n) is 11.6. The number of benzene rings is 1. The second-order valence-corrected chi connectivity index (χ2v) is 16.0. The number of rotatable bonds is 7. The molecular formula is C41H56N2O11. The van der Waals surface area contributed by atoms with Gasteiger partial charge in [0.15, 0.2) is 23.8 Å². The Morgan fingerprint density at radius 3 is 2.39 bits per heavy atom. The van der Waals surface area contributed by atoms with Gasteiger partial charge in [0.05, 0.1) is 35.9 Å². The van der Waals surface area contributed by atoms with Gasteiger partial charge in [0.25, 0.3) is 0 Å². The molecule has 3 aliphatic rings. The van der Waals surface area contributed by atoms with Gasteiger partial charge < -0.3 is 38.4 Å². The van der Waals surface area contributed by atoms with Crippen molar-refractivity contribution in [1.29, 1.82) is 0 Å². The van der Waals surface area contributed by atoms with E-state index < -0.39 is 83.5 Å². The molecule has 1 aromatic carbocycles. The average molecular weight is 753 g/mol. The predicted octanol–water partition coefficient (Wildman–Crippen LogP) is 5.15. The van der Waals surface area contributed by atoms with Crippen molar-refractivity contribution in [2.24, 2.45) is 23.7 Å². The van der Waals surface area contributed by atoms with Gasteiger partial charge in [-0.25, -0.2) is 4.79 Å². The summed E-state index contributed by atoms with van der Waals surface area (Å²) in [6.07, 6.45) is -0.710. The summed E-state index contributed by atoms with van der Waals surface area (Å²) in [7, 11) is 3.73. The number of aliphatic hydroxyl groups is 1. The summed E-state index contributed by atoms with van der Waals surface area (Å²) < 4.78 is 36.4. The molecule has 3 saturated heterocycles. The molecule has 13 heteroatoms. The van der Waals surface area contributed by atoms with Crippen molar-refractivity contribution in [3.05, 3.63) is 48.2 Å². The van der Waals surface area contributed by atoms with Crippen molar-refractivity contribution in [2.75, 3.05) is 20.7 Å². The lowest BCUT2D eigenvalue weighted by Crippen LogP contribution is -2.59. The summed E-state index contributed by atoms with van der Waals surface area (Å²) in [4.78, 5) is 61.2. The van der Waals surface area contributed by atoms with Crippen LogP contribution in [0.2, 0.25) is 0 Å². The van der Waals surface area contributed by atoms with Crippen LogP contribution >= 0.6 is 0 Å². The fourth-order valence-electron chi connectivity index (χ4n) is 8.20. The van der Waals surface area contributed by atoms with E-state index in [1.165, 1.54) is 6.92 Å². The number of likely N-dealkylation sites (N-methyl/N-ethyl adjacent to an activating group) is 1. The van der Waals surface area contributed by atoms with Gasteiger partial charge >= 0.3 is 12.1 Å².